The molecule has 1 aromatic carbocycles. The minimum absolute atomic E-state index is 0.201. The Morgan fingerprint density at radius 2 is 1.90 bits per heavy atom. The first-order chi connectivity index (χ1) is 9.61. The molecule has 1 atom stereocenters. The highest BCUT2D eigenvalue weighted by molar-refractivity contribution is 7.89. The number of carboxylic acid groups (broad SMARTS) is 1. The van der Waals surface area contributed by atoms with E-state index in [1.807, 2.05) is 4.72 Å². The molecule has 0 spiro atoms. The van der Waals surface area contributed by atoms with Crippen LogP contribution in [0, 0.1) is 0 Å². The molecule has 0 aliphatic carbocycles. The normalized spacial score (nSPS) is 12.8. The number of hydrogen-bond acceptors (Lipinski definition) is 5. The van der Waals surface area contributed by atoms with Gasteiger partial charge in [-0.25, -0.2) is 13.2 Å². The van der Waals surface area contributed by atoms with E-state index in [2.05, 4.69) is 4.74 Å². The van der Waals surface area contributed by atoms with Crippen molar-refractivity contribution in [1.82, 2.24) is 4.72 Å². The maximum Gasteiger partial charge on any atom is 0.338 e. The summed E-state index contributed by atoms with van der Waals surface area (Å²) in [6.45, 7) is 1.27. The van der Waals surface area contributed by atoms with Crippen molar-refractivity contribution < 1.29 is 27.9 Å². The van der Waals surface area contributed by atoms with Crippen molar-refractivity contribution in [3.8, 4) is 0 Å². The number of carboxylic acids is 1. The molecule has 0 aliphatic rings. The number of carbonyl (C=O) groups excluding carboxylic acids is 1. The van der Waals surface area contributed by atoms with E-state index in [0.717, 1.165) is 19.2 Å². The second kappa shape index (κ2) is 6.61. The first-order valence-corrected chi connectivity index (χ1v) is 7.67. The molecule has 0 saturated carbocycles. The molecule has 10 heteroatoms. The van der Waals surface area contributed by atoms with Crippen LogP contribution in [-0.4, -0.2) is 38.6 Å². The molecule has 0 aliphatic heterocycles. The lowest BCUT2D eigenvalue weighted by atomic mass is 10.2. The largest absolute Gasteiger partial charge is 0.478 e. The fraction of sp³-hybridized carbons (Fsp3) is 0.273. The molecule has 1 aromatic rings. The Balaban J connectivity index is 3.31. The smallest absolute Gasteiger partial charge is 0.338 e. The van der Waals surface area contributed by atoms with E-state index in [1.54, 1.807) is 0 Å². The number of methoxy groups -OCH3 is 1. The summed E-state index contributed by atoms with van der Waals surface area (Å²) in [4.78, 5) is 21.8. The maximum absolute atomic E-state index is 12.1. The maximum atomic E-state index is 12.1. The highest BCUT2D eigenvalue weighted by atomic mass is 35.5. The van der Waals surface area contributed by atoms with Gasteiger partial charge in [0, 0.05) is 0 Å². The van der Waals surface area contributed by atoms with E-state index in [4.69, 9.17) is 28.3 Å². The van der Waals surface area contributed by atoms with Crippen LogP contribution in [0.1, 0.15) is 17.3 Å². The van der Waals surface area contributed by atoms with Gasteiger partial charge in [-0.15, -0.1) is 0 Å². The fourth-order valence-corrected chi connectivity index (χ4v) is 3.57. The summed E-state index contributed by atoms with van der Waals surface area (Å²) in [7, 11) is -3.12. The summed E-state index contributed by atoms with van der Waals surface area (Å²) in [6.07, 6.45) is 0. The molecule has 0 saturated heterocycles. The number of esters is 1. The quantitative estimate of drug-likeness (QED) is 0.775. The highest BCUT2D eigenvalue weighted by Crippen LogP contribution is 2.31. The Bertz CT molecular complexity index is 688. The number of benzene rings is 1. The van der Waals surface area contributed by atoms with Gasteiger partial charge in [-0.2, -0.15) is 4.72 Å². The van der Waals surface area contributed by atoms with Crippen LogP contribution in [-0.2, 0) is 19.6 Å². The molecular formula is C11H11Cl2NO6S. The van der Waals surface area contributed by atoms with Gasteiger partial charge in [0.1, 0.15) is 10.9 Å². The topological polar surface area (TPSA) is 110 Å². The van der Waals surface area contributed by atoms with Crippen LogP contribution in [0.15, 0.2) is 17.0 Å². The zero-order valence-electron chi connectivity index (χ0n) is 10.9. The molecule has 116 valence electrons. The van der Waals surface area contributed by atoms with Gasteiger partial charge < -0.3 is 9.84 Å². The molecule has 0 fully saturated rings. The number of carbonyl (C=O) groups is 2. The van der Waals surface area contributed by atoms with Crippen molar-refractivity contribution >= 4 is 45.2 Å². The van der Waals surface area contributed by atoms with Crippen molar-refractivity contribution in [3.05, 3.63) is 27.7 Å². The van der Waals surface area contributed by atoms with E-state index < -0.39 is 43.5 Å². The third-order valence-corrected chi connectivity index (χ3v) is 4.85. The van der Waals surface area contributed by atoms with Gasteiger partial charge in [0.05, 0.1) is 22.7 Å². The summed E-state index contributed by atoms with van der Waals surface area (Å²) in [6, 6.07) is 0.970. The summed E-state index contributed by atoms with van der Waals surface area (Å²) in [5.74, 6) is -2.27. The molecule has 0 heterocycles. The van der Waals surface area contributed by atoms with E-state index in [1.165, 1.54) is 6.92 Å². The number of hydrogen-bond donors (Lipinski definition) is 2. The Labute approximate surface area is 130 Å². The minimum Gasteiger partial charge on any atom is -0.478 e. The van der Waals surface area contributed by atoms with E-state index in [9.17, 15) is 18.0 Å². The summed E-state index contributed by atoms with van der Waals surface area (Å²) >= 11 is 11.5. The Morgan fingerprint density at radius 3 is 2.38 bits per heavy atom. The average molecular weight is 356 g/mol. The minimum atomic E-state index is -4.22. The Hall–Kier alpha value is -1.35. The fourth-order valence-electron chi connectivity index (χ4n) is 1.46. The van der Waals surface area contributed by atoms with Crippen molar-refractivity contribution in [3.63, 3.8) is 0 Å². The number of nitrogens with one attached hydrogen (secondary N) is 1. The number of ether oxygens (including phenoxy) is 1. The monoisotopic (exact) mass is 355 g/mol. The van der Waals surface area contributed by atoms with E-state index in [0.29, 0.717) is 0 Å². The number of rotatable bonds is 5. The van der Waals surface area contributed by atoms with Crippen LogP contribution in [0.2, 0.25) is 10.0 Å². The van der Waals surface area contributed by atoms with Crippen LogP contribution in [0.25, 0.3) is 0 Å². The highest BCUT2D eigenvalue weighted by Gasteiger charge is 2.28. The second-order valence-electron chi connectivity index (χ2n) is 3.91. The number of sulfonamides is 1. The van der Waals surface area contributed by atoms with Gasteiger partial charge in [0.15, 0.2) is 0 Å². The first-order valence-electron chi connectivity index (χ1n) is 5.43. The molecule has 21 heavy (non-hydrogen) atoms. The molecule has 2 N–H and O–H groups in total. The predicted octanol–water partition coefficient (Wildman–Crippen LogP) is 1.53. The van der Waals surface area contributed by atoms with Gasteiger partial charge in [-0.1, -0.05) is 23.2 Å². The van der Waals surface area contributed by atoms with Crippen LogP contribution >= 0.6 is 23.2 Å². The van der Waals surface area contributed by atoms with Crippen LogP contribution in [0.4, 0.5) is 0 Å². The SMILES string of the molecule is COC(=O)[C@H](C)NS(=O)(=O)c1ccc(Cl)c(C(=O)O)c1Cl. The summed E-state index contributed by atoms with van der Waals surface area (Å²) in [5, 5.41) is 8.24. The lowest BCUT2D eigenvalue weighted by Gasteiger charge is -2.14. The predicted molar refractivity (Wildman–Crippen MR) is 75.2 cm³/mol. The second-order valence-corrected chi connectivity index (χ2v) is 6.37. The third-order valence-electron chi connectivity index (χ3n) is 2.45. The molecular weight excluding hydrogens is 345 g/mol. The molecule has 0 aromatic heterocycles. The van der Waals surface area contributed by atoms with Crippen LogP contribution in [0.5, 0.6) is 0 Å². The van der Waals surface area contributed by atoms with E-state index in [-0.39, 0.29) is 5.02 Å². The summed E-state index contributed by atoms with van der Waals surface area (Å²) in [5.41, 5.74) is -0.535. The Kier molecular flexibility index (Phi) is 5.57. The van der Waals surface area contributed by atoms with Gasteiger partial charge in [0.2, 0.25) is 10.0 Å². The van der Waals surface area contributed by atoms with Crippen molar-refractivity contribution in [1.29, 1.82) is 0 Å². The average Bonchev–Trinajstić information content (AvgIpc) is 2.36. The molecule has 0 unspecified atom stereocenters. The Morgan fingerprint density at radius 1 is 1.33 bits per heavy atom. The number of halogens is 2. The van der Waals surface area contributed by atoms with E-state index >= 15 is 0 Å². The van der Waals surface area contributed by atoms with Crippen molar-refractivity contribution in [2.75, 3.05) is 7.11 Å². The standard InChI is InChI=1S/C11H11Cl2NO6S/c1-5(11(17)20-2)14-21(18,19)7-4-3-6(12)8(9(7)13)10(15)16/h3-5,14H,1-2H3,(H,15,16)/t5-/m0/s1. The van der Waals surface area contributed by atoms with Crippen LogP contribution in [0.3, 0.4) is 0 Å². The first kappa shape index (κ1) is 17.7. The van der Waals surface area contributed by atoms with Crippen LogP contribution < -0.4 is 4.72 Å². The third kappa shape index (κ3) is 3.85. The van der Waals surface area contributed by atoms with Gasteiger partial charge in [0.25, 0.3) is 0 Å². The van der Waals surface area contributed by atoms with Crippen molar-refractivity contribution in [2.45, 2.75) is 17.9 Å². The zero-order chi connectivity index (χ0) is 16.4. The number of aromatic carboxylic acids is 1. The molecule has 0 amide bonds. The van der Waals surface area contributed by atoms with Crippen molar-refractivity contribution in [2.24, 2.45) is 0 Å². The lowest BCUT2D eigenvalue weighted by Crippen LogP contribution is -2.39. The summed E-state index contributed by atoms with van der Waals surface area (Å²) < 4.78 is 30.7. The zero-order valence-corrected chi connectivity index (χ0v) is 13.2. The molecule has 1 rings (SSSR count). The van der Waals surface area contributed by atoms with Gasteiger partial charge in [-0.3, -0.25) is 4.79 Å². The van der Waals surface area contributed by atoms with Gasteiger partial charge >= 0.3 is 11.9 Å². The molecule has 0 bridgehead atoms. The molecule has 7 nitrogen and oxygen atoms in total. The van der Waals surface area contributed by atoms with Gasteiger partial charge in [-0.05, 0) is 19.1 Å². The lowest BCUT2D eigenvalue weighted by molar-refractivity contribution is -0.142. The molecule has 0 radical (unpaired) electrons.